The average Bonchev–Trinajstić information content (AvgIpc) is 2.18. The van der Waals surface area contributed by atoms with Gasteiger partial charge in [-0.25, -0.2) is 0 Å². The normalized spacial score (nSPS) is 22.2. The first-order chi connectivity index (χ1) is 7.99. The fourth-order valence-corrected chi connectivity index (χ4v) is 2.36. The number of rotatable bonds is 4. The molecule has 1 heterocycles. The standard InChI is InChI=1S/C15H32N2O/c1-13(2,3)16-11-14(4,5)12-17-9-7-15(6,18)8-10-17/h16,18H,7-12H2,1-6H3. The van der Waals surface area contributed by atoms with Gasteiger partial charge in [-0.1, -0.05) is 13.8 Å². The maximum Gasteiger partial charge on any atom is 0.0644 e. The molecule has 0 saturated carbocycles. The van der Waals surface area contributed by atoms with Crippen LogP contribution in [-0.4, -0.2) is 47.3 Å². The monoisotopic (exact) mass is 256 g/mol. The minimum Gasteiger partial charge on any atom is -0.390 e. The van der Waals surface area contributed by atoms with Crippen LogP contribution in [0.4, 0.5) is 0 Å². The third-order valence-corrected chi connectivity index (χ3v) is 3.68. The van der Waals surface area contributed by atoms with E-state index in [9.17, 15) is 5.11 Å². The summed E-state index contributed by atoms with van der Waals surface area (Å²) in [5.41, 5.74) is 0.0175. The van der Waals surface area contributed by atoms with Crippen LogP contribution in [0, 0.1) is 5.41 Å². The summed E-state index contributed by atoms with van der Waals surface area (Å²) in [5, 5.41) is 13.6. The van der Waals surface area contributed by atoms with Crippen molar-refractivity contribution in [3.8, 4) is 0 Å². The molecule has 0 spiro atoms. The maximum atomic E-state index is 9.96. The van der Waals surface area contributed by atoms with E-state index < -0.39 is 5.60 Å². The Morgan fingerprint density at radius 3 is 2.06 bits per heavy atom. The molecule has 0 amide bonds. The zero-order valence-corrected chi connectivity index (χ0v) is 13.1. The highest BCUT2D eigenvalue weighted by Crippen LogP contribution is 2.25. The van der Waals surface area contributed by atoms with Gasteiger partial charge in [0.2, 0.25) is 0 Å². The molecular formula is C15H32N2O. The van der Waals surface area contributed by atoms with E-state index in [0.717, 1.165) is 39.0 Å². The zero-order chi connectivity index (χ0) is 14.0. The van der Waals surface area contributed by atoms with Crippen molar-refractivity contribution in [2.75, 3.05) is 26.2 Å². The molecule has 0 atom stereocenters. The largest absolute Gasteiger partial charge is 0.390 e. The summed E-state index contributed by atoms with van der Waals surface area (Å²) >= 11 is 0. The van der Waals surface area contributed by atoms with Gasteiger partial charge in [-0.3, -0.25) is 0 Å². The van der Waals surface area contributed by atoms with Crippen molar-refractivity contribution in [1.29, 1.82) is 0 Å². The molecule has 1 aliphatic rings. The van der Waals surface area contributed by atoms with E-state index in [4.69, 9.17) is 0 Å². The lowest BCUT2D eigenvalue weighted by Crippen LogP contribution is -2.49. The number of piperidine rings is 1. The molecule has 1 rings (SSSR count). The van der Waals surface area contributed by atoms with Gasteiger partial charge in [0.1, 0.15) is 0 Å². The summed E-state index contributed by atoms with van der Waals surface area (Å²) in [6, 6.07) is 0. The van der Waals surface area contributed by atoms with Crippen molar-refractivity contribution in [2.24, 2.45) is 5.41 Å². The van der Waals surface area contributed by atoms with E-state index in [1.165, 1.54) is 0 Å². The van der Waals surface area contributed by atoms with Crippen LogP contribution in [0.25, 0.3) is 0 Å². The van der Waals surface area contributed by atoms with Crippen LogP contribution < -0.4 is 5.32 Å². The van der Waals surface area contributed by atoms with Crippen molar-refractivity contribution in [3.63, 3.8) is 0 Å². The summed E-state index contributed by atoms with van der Waals surface area (Å²) in [4.78, 5) is 2.49. The molecule has 18 heavy (non-hydrogen) atoms. The molecule has 0 radical (unpaired) electrons. The van der Waals surface area contributed by atoms with Gasteiger partial charge in [-0.05, 0) is 46.0 Å². The molecule has 3 heteroatoms. The first-order valence-corrected chi connectivity index (χ1v) is 7.19. The molecule has 1 fully saturated rings. The molecule has 108 valence electrons. The molecule has 0 aromatic carbocycles. The van der Waals surface area contributed by atoms with E-state index >= 15 is 0 Å². The molecule has 3 nitrogen and oxygen atoms in total. The molecule has 0 bridgehead atoms. The van der Waals surface area contributed by atoms with Gasteiger partial charge in [0.25, 0.3) is 0 Å². The summed E-state index contributed by atoms with van der Waals surface area (Å²) < 4.78 is 0. The molecule has 0 aliphatic carbocycles. The first kappa shape index (κ1) is 15.9. The molecule has 0 aromatic rings. The van der Waals surface area contributed by atoms with Gasteiger partial charge in [0.15, 0.2) is 0 Å². The highest BCUT2D eigenvalue weighted by atomic mass is 16.3. The number of hydrogen-bond acceptors (Lipinski definition) is 3. The summed E-state index contributed by atoms with van der Waals surface area (Å²) in [6.07, 6.45) is 1.80. The highest BCUT2D eigenvalue weighted by Gasteiger charge is 2.30. The fraction of sp³-hybridized carbons (Fsp3) is 1.00. The fourth-order valence-electron chi connectivity index (χ4n) is 2.36. The maximum absolute atomic E-state index is 9.96. The molecule has 1 aliphatic heterocycles. The van der Waals surface area contributed by atoms with Crippen LogP contribution in [0.3, 0.4) is 0 Å². The summed E-state index contributed by atoms with van der Waals surface area (Å²) in [6.45, 7) is 17.4. The number of likely N-dealkylation sites (tertiary alicyclic amines) is 1. The Bertz CT molecular complexity index is 256. The van der Waals surface area contributed by atoms with Crippen LogP contribution in [0.5, 0.6) is 0 Å². The minimum absolute atomic E-state index is 0.183. The Hall–Kier alpha value is -0.120. The Balaban J connectivity index is 2.37. The average molecular weight is 256 g/mol. The van der Waals surface area contributed by atoms with Crippen LogP contribution in [0.15, 0.2) is 0 Å². The van der Waals surface area contributed by atoms with Crippen molar-refractivity contribution < 1.29 is 5.11 Å². The Labute approximate surface area is 113 Å². The second-order valence-electron chi connectivity index (χ2n) is 8.04. The van der Waals surface area contributed by atoms with Gasteiger partial charge in [0.05, 0.1) is 5.60 Å². The van der Waals surface area contributed by atoms with Gasteiger partial charge in [-0.2, -0.15) is 0 Å². The van der Waals surface area contributed by atoms with E-state index in [2.05, 4.69) is 44.8 Å². The van der Waals surface area contributed by atoms with Gasteiger partial charge in [-0.15, -0.1) is 0 Å². The number of hydrogen-bond donors (Lipinski definition) is 2. The third kappa shape index (κ3) is 6.17. The molecule has 1 saturated heterocycles. The Morgan fingerprint density at radius 1 is 1.11 bits per heavy atom. The number of nitrogens with one attached hydrogen (secondary N) is 1. The second kappa shape index (κ2) is 5.48. The molecule has 0 aromatic heterocycles. The number of aliphatic hydroxyl groups is 1. The predicted molar refractivity (Wildman–Crippen MR) is 77.8 cm³/mol. The van der Waals surface area contributed by atoms with Gasteiger partial charge < -0.3 is 15.3 Å². The molecular weight excluding hydrogens is 224 g/mol. The smallest absolute Gasteiger partial charge is 0.0644 e. The van der Waals surface area contributed by atoms with E-state index in [1.54, 1.807) is 0 Å². The zero-order valence-electron chi connectivity index (χ0n) is 13.1. The second-order valence-corrected chi connectivity index (χ2v) is 8.04. The molecule has 2 N–H and O–H groups in total. The Morgan fingerprint density at radius 2 is 1.61 bits per heavy atom. The van der Waals surface area contributed by atoms with Crippen LogP contribution in [0.1, 0.15) is 54.4 Å². The lowest BCUT2D eigenvalue weighted by molar-refractivity contribution is -0.0136. The van der Waals surface area contributed by atoms with Crippen LogP contribution >= 0.6 is 0 Å². The van der Waals surface area contributed by atoms with E-state index in [0.29, 0.717) is 0 Å². The van der Waals surface area contributed by atoms with Crippen molar-refractivity contribution in [2.45, 2.75) is 65.5 Å². The Kier molecular flexibility index (Phi) is 4.85. The van der Waals surface area contributed by atoms with Crippen molar-refractivity contribution in [1.82, 2.24) is 10.2 Å². The highest BCUT2D eigenvalue weighted by molar-refractivity contribution is 4.86. The van der Waals surface area contributed by atoms with Crippen LogP contribution in [0.2, 0.25) is 0 Å². The lowest BCUT2D eigenvalue weighted by atomic mass is 9.88. The van der Waals surface area contributed by atoms with Crippen molar-refractivity contribution >= 4 is 0 Å². The number of nitrogens with zero attached hydrogens (tertiary/aromatic N) is 1. The quantitative estimate of drug-likeness (QED) is 0.810. The van der Waals surface area contributed by atoms with Crippen molar-refractivity contribution in [3.05, 3.63) is 0 Å². The SMILES string of the molecule is CC(C)(CNC(C)(C)C)CN1CCC(C)(O)CC1. The molecule has 0 unspecified atom stereocenters. The summed E-state index contributed by atoms with van der Waals surface area (Å²) in [7, 11) is 0. The van der Waals surface area contributed by atoms with Crippen LogP contribution in [-0.2, 0) is 0 Å². The third-order valence-electron chi connectivity index (χ3n) is 3.68. The van der Waals surface area contributed by atoms with Gasteiger partial charge >= 0.3 is 0 Å². The van der Waals surface area contributed by atoms with Gasteiger partial charge in [0, 0.05) is 31.7 Å². The van der Waals surface area contributed by atoms with E-state index in [-0.39, 0.29) is 11.0 Å². The lowest BCUT2D eigenvalue weighted by Gasteiger charge is -2.40. The minimum atomic E-state index is -0.440. The predicted octanol–water partition coefficient (Wildman–Crippen LogP) is 2.25. The van der Waals surface area contributed by atoms with E-state index in [1.807, 2.05) is 6.92 Å². The topological polar surface area (TPSA) is 35.5 Å². The summed E-state index contributed by atoms with van der Waals surface area (Å²) in [5.74, 6) is 0. The first-order valence-electron chi connectivity index (χ1n) is 7.19.